The fourth-order valence-corrected chi connectivity index (χ4v) is 2.30. The van der Waals surface area contributed by atoms with Crippen molar-refractivity contribution in [1.29, 1.82) is 0 Å². The van der Waals surface area contributed by atoms with Gasteiger partial charge in [0.25, 0.3) is 0 Å². The fourth-order valence-electron chi connectivity index (χ4n) is 2.30. The van der Waals surface area contributed by atoms with Gasteiger partial charge in [-0.15, -0.1) is 0 Å². The van der Waals surface area contributed by atoms with Crippen molar-refractivity contribution in [2.24, 2.45) is 0 Å². The second-order valence-electron chi connectivity index (χ2n) is 5.20. The lowest BCUT2D eigenvalue weighted by Gasteiger charge is -2.25. The molecule has 0 aromatic heterocycles. The lowest BCUT2D eigenvalue weighted by atomic mass is 10.0. The number of rotatable bonds is 8. The van der Waals surface area contributed by atoms with Crippen molar-refractivity contribution >= 4 is 0 Å². The van der Waals surface area contributed by atoms with Crippen LogP contribution in [0.2, 0.25) is 0 Å². The Balaban J connectivity index is 2.81. The number of likely N-dealkylation sites (N-methyl/N-ethyl adjacent to an activating group) is 2. The van der Waals surface area contributed by atoms with Crippen LogP contribution in [0.25, 0.3) is 0 Å². The minimum Gasteiger partial charge on any atom is -0.496 e. The molecule has 0 radical (unpaired) electrons. The predicted molar refractivity (Wildman–Crippen MR) is 81.9 cm³/mol. The van der Waals surface area contributed by atoms with Crippen LogP contribution in [0.15, 0.2) is 18.2 Å². The van der Waals surface area contributed by atoms with E-state index in [0.717, 1.165) is 18.8 Å². The van der Waals surface area contributed by atoms with E-state index in [1.54, 1.807) is 7.11 Å². The summed E-state index contributed by atoms with van der Waals surface area (Å²) in [5.74, 6) is 0.967. The van der Waals surface area contributed by atoms with Crippen LogP contribution in [-0.2, 0) is 0 Å². The first-order chi connectivity index (χ1) is 9.12. The minimum absolute atomic E-state index is 0.303. The van der Waals surface area contributed by atoms with E-state index in [4.69, 9.17) is 4.74 Å². The van der Waals surface area contributed by atoms with Gasteiger partial charge in [-0.3, -0.25) is 0 Å². The number of hydrogen-bond donors (Lipinski definition) is 1. The third kappa shape index (κ3) is 4.84. The van der Waals surface area contributed by atoms with Gasteiger partial charge in [-0.05, 0) is 40.1 Å². The molecule has 19 heavy (non-hydrogen) atoms. The van der Waals surface area contributed by atoms with Crippen molar-refractivity contribution < 1.29 is 4.74 Å². The van der Waals surface area contributed by atoms with Crippen LogP contribution in [0.4, 0.5) is 0 Å². The third-order valence-corrected chi connectivity index (χ3v) is 3.50. The Bertz CT molecular complexity index is 379. The van der Waals surface area contributed by atoms with Crippen LogP contribution in [0.1, 0.15) is 36.9 Å². The summed E-state index contributed by atoms with van der Waals surface area (Å²) in [5, 5.41) is 3.41. The van der Waals surface area contributed by atoms with E-state index in [0.29, 0.717) is 6.04 Å². The number of nitrogens with one attached hydrogen (secondary N) is 1. The summed E-state index contributed by atoms with van der Waals surface area (Å²) in [4.78, 5) is 2.38. The molecule has 0 bridgehead atoms. The Morgan fingerprint density at radius 1 is 1.37 bits per heavy atom. The Hall–Kier alpha value is -1.06. The predicted octanol–water partition coefficient (Wildman–Crippen LogP) is 3.00. The summed E-state index contributed by atoms with van der Waals surface area (Å²) in [6.45, 7) is 6.49. The van der Waals surface area contributed by atoms with Crippen molar-refractivity contribution in [1.82, 2.24) is 10.2 Å². The summed E-state index contributed by atoms with van der Waals surface area (Å²) in [6, 6.07) is 6.67. The van der Waals surface area contributed by atoms with Crippen molar-refractivity contribution in [3.63, 3.8) is 0 Å². The molecule has 3 nitrogen and oxygen atoms in total. The molecule has 1 N–H and O–H groups in total. The van der Waals surface area contributed by atoms with Gasteiger partial charge in [-0.2, -0.15) is 0 Å². The molecule has 0 aliphatic rings. The molecule has 108 valence electrons. The Morgan fingerprint density at radius 3 is 2.68 bits per heavy atom. The molecule has 0 heterocycles. The van der Waals surface area contributed by atoms with E-state index in [-0.39, 0.29) is 0 Å². The zero-order valence-electron chi connectivity index (χ0n) is 13.0. The van der Waals surface area contributed by atoms with Crippen molar-refractivity contribution in [3.05, 3.63) is 29.3 Å². The van der Waals surface area contributed by atoms with Crippen molar-refractivity contribution in [2.45, 2.75) is 32.7 Å². The normalized spacial score (nSPS) is 12.7. The third-order valence-electron chi connectivity index (χ3n) is 3.50. The zero-order chi connectivity index (χ0) is 14.3. The van der Waals surface area contributed by atoms with Gasteiger partial charge in [0.05, 0.1) is 7.11 Å². The first kappa shape index (κ1) is 16.0. The SMILES string of the molecule is CCCCN(C)CC(NC)c1cc(C)ccc1OC. The van der Waals surface area contributed by atoms with Crippen molar-refractivity contribution in [2.75, 3.05) is 34.3 Å². The number of methoxy groups -OCH3 is 1. The Labute approximate surface area is 118 Å². The van der Waals surface area contributed by atoms with Crippen LogP contribution in [-0.4, -0.2) is 39.2 Å². The molecule has 0 saturated carbocycles. The van der Waals surface area contributed by atoms with Gasteiger partial charge in [0, 0.05) is 18.2 Å². The molecule has 0 spiro atoms. The van der Waals surface area contributed by atoms with E-state index < -0.39 is 0 Å². The van der Waals surface area contributed by atoms with E-state index in [9.17, 15) is 0 Å². The molecular weight excluding hydrogens is 236 g/mol. The zero-order valence-corrected chi connectivity index (χ0v) is 13.0. The van der Waals surface area contributed by atoms with E-state index in [1.807, 2.05) is 7.05 Å². The maximum absolute atomic E-state index is 5.49. The second-order valence-corrected chi connectivity index (χ2v) is 5.20. The lowest BCUT2D eigenvalue weighted by Crippen LogP contribution is -2.32. The van der Waals surface area contributed by atoms with Crippen LogP contribution in [0.3, 0.4) is 0 Å². The van der Waals surface area contributed by atoms with Gasteiger partial charge in [0.15, 0.2) is 0 Å². The molecular formula is C16H28N2O. The number of ether oxygens (including phenoxy) is 1. The highest BCUT2D eigenvalue weighted by atomic mass is 16.5. The lowest BCUT2D eigenvalue weighted by molar-refractivity contribution is 0.288. The van der Waals surface area contributed by atoms with Gasteiger partial charge >= 0.3 is 0 Å². The average Bonchev–Trinajstić information content (AvgIpc) is 2.42. The summed E-state index contributed by atoms with van der Waals surface area (Å²) in [5.41, 5.74) is 2.51. The van der Waals surface area contributed by atoms with Crippen LogP contribution in [0.5, 0.6) is 5.75 Å². The second kappa shape index (κ2) is 8.18. The van der Waals surface area contributed by atoms with Gasteiger partial charge in [-0.1, -0.05) is 31.0 Å². The van der Waals surface area contributed by atoms with Crippen LogP contribution < -0.4 is 10.1 Å². The van der Waals surface area contributed by atoms with Gasteiger partial charge in [0.1, 0.15) is 5.75 Å². The van der Waals surface area contributed by atoms with E-state index >= 15 is 0 Å². The topological polar surface area (TPSA) is 24.5 Å². The molecule has 0 aliphatic heterocycles. The molecule has 1 atom stereocenters. The number of aryl methyl sites for hydroxylation is 1. The highest BCUT2D eigenvalue weighted by Crippen LogP contribution is 2.26. The van der Waals surface area contributed by atoms with E-state index in [1.165, 1.54) is 24.0 Å². The summed E-state index contributed by atoms with van der Waals surface area (Å²) < 4.78 is 5.49. The molecule has 1 aromatic carbocycles. The van der Waals surface area contributed by atoms with E-state index in [2.05, 4.69) is 49.3 Å². The van der Waals surface area contributed by atoms with Crippen molar-refractivity contribution in [3.8, 4) is 5.75 Å². The minimum atomic E-state index is 0.303. The number of unbranched alkanes of at least 4 members (excludes halogenated alkanes) is 1. The Morgan fingerprint density at radius 2 is 2.11 bits per heavy atom. The summed E-state index contributed by atoms with van der Waals surface area (Å²) >= 11 is 0. The summed E-state index contributed by atoms with van der Waals surface area (Å²) in [6.07, 6.45) is 2.49. The molecule has 0 saturated heterocycles. The smallest absolute Gasteiger partial charge is 0.123 e. The number of nitrogens with zero attached hydrogens (tertiary/aromatic N) is 1. The van der Waals surface area contributed by atoms with Gasteiger partial charge in [-0.25, -0.2) is 0 Å². The highest BCUT2D eigenvalue weighted by Gasteiger charge is 2.16. The standard InChI is InChI=1S/C16H28N2O/c1-6-7-10-18(4)12-15(17-3)14-11-13(2)8-9-16(14)19-5/h8-9,11,15,17H,6-7,10,12H2,1-5H3. The molecule has 0 aliphatic carbocycles. The fraction of sp³-hybridized carbons (Fsp3) is 0.625. The molecule has 1 rings (SSSR count). The quantitative estimate of drug-likeness (QED) is 0.781. The molecule has 0 amide bonds. The monoisotopic (exact) mass is 264 g/mol. The van der Waals surface area contributed by atoms with Gasteiger partial charge in [0.2, 0.25) is 0 Å². The van der Waals surface area contributed by atoms with Gasteiger partial charge < -0.3 is 15.0 Å². The average molecular weight is 264 g/mol. The molecule has 3 heteroatoms. The first-order valence-corrected chi connectivity index (χ1v) is 7.12. The van der Waals surface area contributed by atoms with Crippen LogP contribution in [0, 0.1) is 6.92 Å². The first-order valence-electron chi connectivity index (χ1n) is 7.12. The molecule has 1 unspecified atom stereocenters. The highest BCUT2D eigenvalue weighted by molar-refractivity contribution is 5.39. The Kier molecular flexibility index (Phi) is 6.89. The largest absolute Gasteiger partial charge is 0.496 e. The molecule has 1 aromatic rings. The number of hydrogen-bond acceptors (Lipinski definition) is 3. The van der Waals surface area contributed by atoms with Crippen LogP contribution >= 0.6 is 0 Å². The maximum atomic E-state index is 5.49. The summed E-state index contributed by atoms with van der Waals surface area (Å²) in [7, 11) is 5.93. The molecule has 0 fully saturated rings. The maximum Gasteiger partial charge on any atom is 0.123 e. The number of benzene rings is 1.